The molecule has 0 saturated carbocycles. The molecule has 0 aliphatic heterocycles. The lowest BCUT2D eigenvalue weighted by Crippen LogP contribution is -2.33. The van der Waals surface area contributed by atoms with Gasteiger partial charge in [0.05, 0.1) is 5.38 Å². The number of hydrogen-bond acceptors (Lipinski definition) is 1. The van der Waals surface area contributed by atoms with Crippen molar-refractivity contribution in [3.63, 3.8) is 0 Å². The summed E-state index contributed by atoms with van der Waals surface area (Å²) in [4.78, 5) is 0. The molecule has 0 heterocycles. The van der Waals surface area contributed by atoms with E-state index in [1.165, 1.54) is 0 Å². The van der Waals surface area contributed by atoms with Gasteiger partial charge in [0, 0.05) is 11.7 Å². The Morgan fingerprint density at radius 2 is 1.64 bits per heavy atom. The molecule has 14 heavy (non-hydrogen) atoms. The third kappa shape index (κ3) is 3.22. The molecule has 2 unspecified atom stereocenters. The largest absolute Gasteiger partial charge is 0.381 e. The number of para-hydroxylation sites is 1. The molecule has 0 aromatic heterocycles. The second kappa shape index (κ2) is 5.26. The van der Waals surface area contributed by atoms with Crippen LogP contribution in [0.4, 0.5) is 5.69 Å². The van der Waals surface area contributed by atoms with E-state index in [2.05, 4.69) is 31.3 Å². The molecule has 1 rings (SSSR count). The van der Waals surface area contributed by atoms with Crippen LogP contribution >= 0.6 is 11.6 Å². The molecule has 0 aliphatic rings. The van der Waals surface area contributed by atoms with E-state index < -0.39 is 0 Å². The first-order valence-corrected chi connectivity index (χ1v) is 5.50. The van der Waals surface area contributed by atoms with Gasteiger partial charge in [-0.05, 0) is 25.0 Å². The van der Waals surface area contributed by atoms with Crippen LogP contribution in [0, 0.1) is 5.92 Å². The Morgan fingerprint density at radius 1 is 1.07 bits per heavy atom. The molecule has 0 aliphatic carbocycles. The molecule has 78 valence electrons. The predicted molar refractivity (Wildman–Crippen MR) is 64.0 cm³/mol. The van der Waals surface area contributed by atoms with Crippen molar-refractivity contribution in [2.75, 3.05) is 5.32 Å². The van der Waals surface area contributed by atoms with Crippen LogP contribution in [0.3, 0.4) is 0 Å². The lowest BCUT2D eigenvalue weighted by Gasteiger charge is -2.25. The quantitative estimate of drug-likeness (QED) is 0.748. The van der Waals surface area contributed by atoms with Crippen molar-refractivity contribution in [3.05, 3.63) is 30.3 Å². The Balaban J connectivity index is 2.65. The fourth-order valence-corrected chi connectivity index (χ4v) is 1.89. The van der Waals surface area contributed by atoms with Crippen molar-refractivity contribution < 1.29 is 0 Å². The van der Waals surface area contributed by atoms with E-state index in [1.54, 1.807) is 0 Å². The minimum atomic E-state index is 0.134. The summed E-state index contributed by atoms with van der Waals surface area (Å²) in [6.07, 6.45) is 0. The average Bonchev–Trinajstić information content (AvgIpc) is 2.15. The van der Waals surface area contributed by atoms with Crippen molar-refractivity contribution >= 4 is 17.3 Å². The number of anilines is 1. The Hall–Kier alpha value is -0.690. The van der Waals surface area contributed by atoms with Crippen LogP contribution in [0.5, 0.6) is 0 Å². The molecular formula is C12H18ClN. The molecule has 1 N–H and O–H groups in total. The zero-order valence-corrected chi connectivity index (χ0v) is 9.75. The van der Waals surface area contributed by atoms with Gasteiger partial charge in [0.1, 0.15) is 0 Å². The van der Waals surface area contributed by atoms with E-state index >= 15 is 0 Å². The lowest BCUT2D eigenvalue weighted by molar-refractivity contribution is 0.516. The first kappa shape index (κ1) is 11.4. The Bertz CT molecular complexity index is 248. The van der Waals surface area contributed by atoms with Gasteiger partial charge in [0.2, 0.25) is 0 Å². The molecule has 2 atom stereocenters. The number of hydrogen-bond donors (Lipinski definition) is 1. The van der Waals surface area contributed by atoms with Gasteiger partial charge in [-0.25, -0.2) is 0 Å². The summed E-state index contributed by atoms with van der Waals surface area (Å²) in [5.74, 6) is 0.530. The Morgan fingerprint density at radius 3 is 2.07 bits per heavy atom. The zero-order valence-electron chi connectivity index (χ0n) is 9.00. The summed E-state index contributed by atoms with van der Waals surface area (Å²) in [5, 5.41) is 3.58. The van der Waals surface area contributed by atoms with Crippen molar-refractivity contribution in [2.24, 2.45) is 5.92 Å². The van der Waals surface area contributed by atoms with E-state index in [1.807, 2.05) is 25.1 Å². The first-order valence-electron chi connectivity index (χ1n) is 5.07. The van der Waals surface area contributed by atoms with E-state index in [9.17, 15) is 0 Å². The highest BCUT2D eigenvalue weighted by Gasteiger charge is 2.18. The molecule has 0 radical (unpaired) electrons. The molecule has 0 spiro atoms. The normalized spacial score (nSPS) is 15.2. The monoisotopic (exact) mass is 211 g/mol. The second-order valence-corrected chi connectivity index (χ2v) is 4.65. The van der Waals surface area contributed by atoms with Crippen LogP contribution in [-0.4, -0.2) is 11.4 Å². The first-order chi connectivity index (χ1) is 6.61. The number of rotatable bonds is 4. The highest BCUT2D eigenvalue weighted by atomic mass is 35.5. The third-order valence-corrected chi connectivity index (χ3v) is 2.59. The molecule has 0 bridgehead atoms. The summed E-state index contributed by atoms with van der Waals surface area (Å²) >= 11 is 6.13. The van der Waals surface area contributed by atoms with Gasteiger partial charge >= 0.3 is 0 Å². The average molecular weight is 212 g/mol. The smallest absolute Gasteiger partial charge is 0.0511 e. The standard InChI is InChI=1S/C12H18ClN/c1-9(2)12(10(3)13)14-11-7-5-4-6-8-11/h4-10,12,14H,1-3H3. The minimum absolute atomic E-state index is 0.134. The number of nitrogens with one attached hydrogen (secondary N) is 1. The van der Waals surface area contributed by atoms with E-state index in [-0.39, 0.29) is 5.38 Å². The number of alkyl halides is 1. The molecular weight excluding hydrogens is 194 g/mol. The molecule has 0 amide bonds. The van der Waals surface area contributed by atoms with Crippen LogP contribution in [0.2, 0.25) is 0 Å². The van der Waals surface area contributed by atoms with E-state index in [0.717, 1.165) is 5.69 Å². The highest BCUT2D eigenvalue weighted by molar-refractivity contribution is 6.21. The van der Waals surface area contributed by atoms with Gasteiger partial charge < -0.3 is 5.32 Å². The van der Waals surface area contributed by atoms with Gasteiger partial charge in [-0.2, -0.15) is 0 Å². The Labute approximate surface area is 91.5 Å². The number of benzene rings is 1. The summed E-state index contributed by atoms with van der Waals surface area (Å²) in [6.45, 7) is 6.39. The van der Waals surface area contributed by atoms with Crippen molar-refractivity contribution in [2.45, 2.75) is 32.2 Å². The summed E-state index contributed by atoms with van der Waals surface area (Å²) in [6, 6.07) is 10.5. The van der Waals surface area contributed by atoms with Crippen molar-refractivity contribution in [3.8, 4) is 0 Å². The van der Waals surface area contributed by atoms with Gasteiger partial charge in [-0.3, -0.25) is 0 Å². The maximum atomic E-state index is 6.13. The van der Waals surface area contributed by atoms with E-state index in [0.29, 0.717) is 12.0 Å². The molecule has 1 nitrogen and oxygen atoms in total. The van der Waals surface area contributed by atoms with Crippen molar-refractivity contribution in [1.82, 2.24) is 0 Å². The van der Waals surface area contributed by atoms with Crippen molar-refractivity contribution in [1.29, 1.82) is 0 Å². The van der Waals surface area contributed by atoms with Gasteiger partial charge in [-0.15, -0.1) is 11.6 Å². The van der Waals surface area contributed by atoms with Crippen LogP contribution in [-0.2, 0) is 0 Å². The van der Waals surface area contributed by atoms with Crippen LogP contribution in [0.1, 0.15) is 20.8 Å². The van der Waals surface area contributed by atoms with Crippen LogP contribution in [0.25, 0.3) is 0 Å². The maximum Gasteiger partial charge on any atom is 0.0511 e. The Kier molecular flexibility index (Phi) is 4.27. The molecule has 2 heteroatoms. The second-order valence-electron chi connectivity index (χ2n) is 3.96. The molecule has 1 aromatic rings. The molecule has 0 saturated heterocycles. The maximum absolute atomic E-state index is 6.13. The lowest BCUT2D eigenvalue weighted by atomic mass is 10.0. The summed E-state index contributed by atoms with van der Waals surface area (Å²) in [7, 11) is 0. The fourth-order valence-electron chi connectivity index (χ4n) is 1.54. The fraction of sp³-hybridized carbons (Fsp3) is 0.500. The minimum Gasteiger partial charge on any atom is -0.381 e. The highest BCUT2D eigenvalue weighted by Crippen LogP contribution is 2.17. The SMILES string of the molecule is CC(C)C(Nc1ccccc1)C(C)Cl. The molecule has 1 aromatic carbocycles. The van der Waals surface area contributed by atoms with Gasteiger partial charge in [0.25, 0.3) is 0 Å². The van der Waals surface area contributed by atoms with Gasteiger partial charge in [-0.1, -0.05) is 32.0 Å². The topological polar surface area (TPSA) is 12.0 Å². The molecule has 0 fully saturated rings. The third-order valence-electron chi connectivity index (χ3n) is 2.32. The summed E-state index contributed by atoms with van der Waals surface area (Å²) < 4.78 is 0. The van der Waals surface area contributed by atoms with E-state index in [4.69, 9.17) is 11.6 Å². The summed E-state index contributed by atoms with van der Waals surface area (Å²) in [5.41, 5.74) is 1.14. The van der Waals surface area contributed by atoms with Gasteiger partial charge in [0.15, 0.2) is 0 Å². The van der Waals surface area contributed by atoms with Crippen LogP contribution in [0.15, 0.2) is 30.3 Å². The number of halogens is 1. The zero-order chi connectivity index (χ0) is 10.6. The van der Waals surface area contributed by atoms with Crippen LogP contribution < -0.4 is 5.32 Å². The predicted octanol–water partition coefficient (Wildman–Crippen LogP) is 3.75.